The summed E-state index contributed by atoms with van der Waals surface area (Å²) in [4.78, 5) is 0. The lowest BCUT2D eigenvalue weighted by Gasteiger charge is -2.19. The third-order valence-electron chi connectivity index (χ3n) is 11.4. The van der Waals surface area contributed by atoms with E-state index in [0.717, 1.165) is 16.6 Å². The number of hydrogen-bond acceptors (Lipinski definition) is 2. The van der Waals surface area contributed by atoms with E-state index in [9.17, 15) is 0 Å². The highest BCUT2D eigenvalue weighted by Crippen LogP contribution is 2.47. The summed E-state index contributed by atoms with van der Waals surface area (Å²) in [6.45, 7) is 0. The molecule has 0 aliphatic carbocycles. The van der Waals surface area contributed by atoms with Crippen LogP contribution in [0.3, 0.4) is 0 Å². The molecule has 0 unspecified atom stereocenters. The smallest absolute Gasteiger partial charge is 0.143 e. The Labute approximate surface area is 314 Å². The Morgan fingerprint density at radius 1 is 0.352 bits per heavy atom. The average molecular weight is 703 g/mol. The van der Waals surface area contributed by atoms with Gasteiger partial charge in [0.05, 0.1) is 0 Å². The van der Waals surface area contributed by atoms with Crippen molar-refractivity contribution in [3.63, 3.8) is 0 Å². The van der Waals surface area contributed by atoms with E-state index in [1.54, 1.807) is 0 Å². The van der Waals surface area contributed by atoms with Crippen molar-refractivity contribution in [1.82, 2.24) is 0 Å². The molecule has 12 aromatic rings. The highest BCUT2D eigenvalue weighted by atomic mass is 32.1. The molecular formula is C52H30OS. The summed E-state index contributed by atoms with van der Waals surface area (Å²) < 4.78 is 9.10. The van der Waals surface area contributed by atoms with E-state index in [2.05, 4.69) is 182 Å². The van der Waals surface area contributed by atoms with E-state index < -0.39 is 0 Å². The van der Waals surface area contributed by atoms with Gasteiger partial charge >= 0.3 is 0 Å². The lowest BCUT2D eigenvalue weighted by atomic mass is 9.84. The van der Waals surface area contributed by atoms with Crippen LogP contribution in [-0.2, 0) is 0 Å². The zero-order valence-electron chi connectivity index (χ0n) is 29.1. The predicted molar refractivity (Wildman–Crippen MR) is 233 cm³/mol. The number of rotatable bonds is 3. The van der Waals surface area contributed by atoms with Gasteiger partial charge in [-0.2, -0.15) is 0 Å². The van der Waals surface area contributed by atoms with Gasteiger partial charge in [-0.1, -0.05) is 152 Å². The third kappa shape index (κ3) is 4.26. The van der Waals surface area contributed by atoms with E-state index in [1.807, 2.05) is 11.3 Å². The number of benzene rings is 10. The molecule has 0 bridgehead atoms. The van der Waals surface area contributed by atoms with Crippen molar-refractivity contribution in [3.8, 4) is 33.4 Å². The van der Waals surface area contributed by atoms with Crippen LogP contribution < -0.4 is 0 Å². The highest BCUT2D eigenvalue weighted by molar-refractivity contribution is 7.26. The Hall–Kier alpha value is -6.74. The largest absolute Gasteiger partial charge is 0.455 e. The van der Waals surface area contributed by atoms with Gasteiger partial charge in [-0.3, -0.25) is 0 Å². The number of hydrogen-bond donors (Lipinski definition) is 0. The summed E-state index contributed by atoms with van der Waals surface area (Å²) in [5.74, 6) is 0. The van der Waals surface area contributed by atoms with Gasteiger partial charge in [0.15, 0.2) is 0 Å². The second kappa shape index (κ2) is 11.4. The Morgan fingerprint density at radius 3 is 1.70 bits per heavy atom. The minimum Gasteiger partial charge on any atom is -0.455 e. The van der Waals surface area contributed by atoms with Crippen LogP contribution in [-0.4, -0.2) is 0 Å². The first kappa shape index (κ1) is 29.8. The van der Waals surface area contributed by atoms with Gasteiger partial charge in [0.2, 0.25) is 0 Å². The molecule has 0 saturated carbocycles. The van der Waals surface area contributed by atoms with Crippen molar-refractivity contribution in [2.24, 2.45) is 0 Å². The predicted octanol–water partition coefficient (Wildman–Crippen LogP) is 15.6. The summed E-state index contributed by atoms with van der Waals surface area (Å²) in [5, 5.41) is 14.9. The standard InChI is InChI=1S/C52H30OS/c1-3-16-36-31(11-1)13-10-22-39(36)49-42-20-7-5-18-40(42)48(41-19-6-8-21-43(41)49)35-15-9-14-33(29-35)34-24-25-38-44-27-28-46-50(52(44)54-47(38)30-34)45-26-23-32-12-2-4-17-37(32)51(45)53-46/h1-30H. The fourth-order valence-electron chi connectivity index (χ4n) is 9.03. The van der Waals surface area contributed by atoms with Crippen molar-refractivity contribution in [2.45, 2.75) is 0 Å². The number of furan rings is 1. The van der Waals surface area contributed by atoms with Crippen LogP contribution in [0.2, 0.25) is 0 Å². The van der Waals surface area contributed by atoms with E-state index >= 15 is 0 Å². The molecule has 0 aliphatic rings. The summed E-state index contributed by atoms with van der Waals surface area (Å²) >= 11 is 1.87. The first-order valence-electron chi connectivity index (χ1n) is 18.5. The monoisotopic (exact) mass is 702 g/mol. The number of thiophene rings is 1. The molecule has 0 spiro atoms. The number of fused-ring (bicyclic) bond motifs is 12. The molecular weight excluding hydrogens is 673 g/mol. The maximum absolute atomic E-state index is 6.54. The van der Waals surface area contributed by atoms with Crippen LogP contribution in [0.15, 0.2) is 186 Å². The molecule has 250 valence electrons. The molecule has 2 aromatic heterocycles. The molecule has 0 radical (unpaired) electrons. The van der Waals surface area contributed by atoms with Gasteiger partial charge in [-0.25, -0.2) is 0 Å². The van der Waals surface area contributed by atoms with Crippen molar-refractivity contribution in [1.29, 1.82) is 0 Å². The minimum absolute atomic E-state index is 0.944. The molecule has 1 nitrogen and oxygen atoms in total. The van der Waals surface area contributed by atoms with Crippen LogP contribution in [0.5, 0.6) is 0 Å². The van der Waals surface area contributed by atoms with Crippen LogP contribution in [0.1, 0.15) is 0 Å². The maximum atomic E-state index is 6.54. The van der Waals surface area contributed by atoms with Crippen LogP contribution in [0, 0.1) is 0 Å². The van der Waals surface area contributed by atoms with E-state index in [1.165, 1.54) is 102 Å². The third-order valence-corrected chi connectivity index (χ3v) is 12.6. The Kier molecular flexibility index (Phi) is 6.28. The zero-order chi connectivity index (χ0) is 35.3. The van der Waals surface area contributed by atoms with Gasteiger partial charge in [0, 0.05) is 36.3 Å². The fraction of sp³-hybridized carbons (Fsp3) is 0. The fourth-order valence-corrected chi connectivity index (χ4v) is 10.3. The summed E-state index contributed by atoms with van der Waals surface area (Å²) in [6.07, 6.45) is 0. The second-order valence-corrected chi connectivity index (χ2v) is 15.4. The zero-order valence-corrected chi connectivity index (χ0v) is 30.0. The van der Waals surface area contributed by atoms with Crippen molar-refractivity contribution < 1.29 is 4.42 Å². The molecule has 54 heavy (non-hydrogen) atoms. The molecule has 0 N–H and O–H groups in total. The molecule has 2 heterocycles. The average Bonchev–Trinajstić information content (AvgIpc) is 3.81. The van der Waals surface area contributed by atoms with Crippen molar-refractivity contribution >= 4 is 96.5 Å². The Morgan fingerprint density at radius 2 is 0.926 bits per heavy atom. The molecule has 0 amide bonds. The van der Waals surface area contributed by atoms with Crippen molar-refractivity contribution in [3.05, 3.63) is 182 Å². The van der Waals surface area contributed by atoms with E-state index in [4.69, 9.17) is 4.42 Å². The normalized spacial score (nSPS) is 12.1. The molecule has 2 heteroatoms. The van der Waals surface area contributed by atoms with E-state index in [0.29, 0.717) is 0 Å². The first-order chi connectivity index (χ1) is 26.8. The summed E-state index contributed by atoms with van der Waals surface area (Å²) in [7, 11) is 0. The lowest BCUT2D eigenvalue weighted by Crippen LogP contribution is -1.92. The first-order valence-corrected chi connectivity index (χ1v) is 19.3. The topological polar surface area (TPSA) is 13.1 Å². The van der Waals surface area contributed by atoms with Gasteiger partial charge in [0.1, 0.15) is 11.2 Å². The molecule has 0 aliphatic heterocycles. The Balaban J connectivity index is 1.04. The SMILES string of the molecule is c1cc(-c2ccc3c(c2)sc2c3ccc3oc4c5ccccc5ccc4c32)cc(-c2c3ccccc3c(-c3cccc4ccccc34)c3ccccc23)c1. The maximum Gasteiger partial charge on any atom is 0.143 e. The van der Waals surface area contributed by atoms with Crippen LogP contribution in [0.4, 0.5) is 0 Å². The Bertz CT molecular complexity index is 3450. The molecule has 0 atom stereocenters. The molecule has 10 aromatic carbocycles. The lowest BCUT2D eigenvalue weighted by molar-refractivity contribution is 0.673. The molecule has 12 rings (SSSR count). The van der Waals surface area contributed by atoms with Crippen LogP contribution in [0.25, 0.3) is 119 Å². The second-order valence-electron chi connectivity index (χ2n) is 14.3. The van der Waals surface area contributed by atoms with Crippen LogP contribution >= 0.6 is 11.3 Å². The van der Waals surface area contributed by atoms with Crippen molar-refractivity contribution in [2.75, 3.05) is 0 Å². The quantitative estimate of drug-likeness (QED) is 0.167. The van der Waals surface area contributed by atoms with Gasteiger partial charge < -0.3 is 4.42 Å². The van der Waals surface area contributed by atoms with Gasteiger partial charge in [-0.05, 0) is 101 Å². The molecule has 0 fully saturated rings. The van der Waals surface area contributed by atoms with Gasteiger partial charge in [0.25, 0.3) is 0 Å². The highest BCUT2D eigenvalue weighted by Gasteiger charge is 2.19. The minimum atomic E-state index is 0.944. The van der Waals surface area contributed by atoms with Gasteiger partial charge in [-0.15, -0.1) is 11.3 Å². The summed E-state index contributed by atoms with van der Waals surface area (Å²) in [5.41, 5.74) is 9.40. The molecule has 0 saturated heterocycles. The van der Waals surface area contributed by atoms with E-state index in [-0.39, 0.29) is 0 Å². The summed E-state index contributed by atoms with van der Waals surface area (Å²) in [6, 6.07) is 66.7.